The van der Waals surface area contributed by atoms with Crippen LogP contribution in [0.25, 0.3) is 0 Å². The molecule has 3 nitrogen and oxygen atoms in total. The van der Waals surface area contributed by atoms with Gasteiger partial charge in [0.25, 0.3) is 0 Å². The van der Waals surface area contributed by atoms with Crippen molar-refractivity contribution >= 4 is 0 Å². The van der Waals surface area contributed by atoms with Crippen LogP contribution in [0.15, 0.2) is 18.2 Å². The van der Waals surface area contributed by atoms with Crippen LogP contribution in [-0.4, -0.2) is 17.3 Å². The third-order valence-electron chi connectivity index (χ3n) is 1.18. The Morgan fingerprint density at radius 1 is 1.18 bits per heavy atom. The zero-order valence-corrected chi connectivity index (χ0v) is 6.70. The number of nitrogens with two attached hydrogens (primary N) is 1. The van der Waals surface area contributed by atoms with Gasteiger partial charge < -0.3 is 15.9 Å². The molecule has 4 N–H and O–H groups in total. The molecule has 0 bridgehead atoms. The van der Waals surface area contributed by atoms with Gasteiger partial charge in [0, 0.05) is 0 Å². The van der Waals surface area contributed by atoms with E-state index in [1.54, 1.807) is 6.92 Å². The molecule has 11 heavy (non-hydrogen) atoms. The summed E-state index contributed by atoms with van der Waals surface area (Å²) >= 11 is 0. The lowest BCUT2D eigenvalue weighted by molar-refractivity contribution is 0.456. The molecule has 0 saturated heterocycles. The lowest BCUT2D eigenvalue weighted by Gasteiger charge is -1.96. The highest BCUT2D eigenvalue weighted by Gasteiger charge is 1.93. The van der Waals surface area contributed by atoms with E-state index < -0.39 is 0 Å². The zero-order chi connectivity index (χ0) is 8.85. The van der Waals surface area contributed by atoms with Crippen LogP contribution in [-0.2, 0) is 0 Å². The summed E-state index contributed by atoms with van der Waals surface area (Å²) in [7, 11) is 1.50. The van der Waals surface area contributed by atoms with Crippen molar-refractivity contribution in [2.45, 2.75) is 6.92 Å². The third kappa shape index (κ3) is 2.91. The van der Waals surface area contributed by atoms with Crippen LogP contribution in [0.2, 0.25) is 0 Å². The van der Waals surface area contributed by atoms with E-state index in [-0.39, 0.29) is 11.5 Å². The van der Waals surface area contributed by atoms with Crippen molar-refractivity contribution in [1.82, 2.24) is 0 Å². The molecule has 0 heterocycles. The first-order valence-corrected chi connectivity index (χ1v) is 3.26. The summed E-state index contributed by atoms with van der Waals surface area (Å²) in [6, 6.07) is 4.42. The number of phenolic OH excluding ortho intramolecular Hbond substituents is 2. The highest BCUT2D eigenvalue weighted by Crippen LogP contribution is 2.19. The van der Waals surface area contributed by atoms with E-state index in [2.05, 4.69) is 5.73 Å². The molecule has 0 amide bonds. The van der Waals surface area contributed by atoms with E-state index >= 15 is 0 Å². The number of benzene rings is 1. The molecule has 0 saturated carbocycles. The first-order valence-electron chi connectivity index (χ1n) is 3.26. The molecular weight excluding hydrogens is 142 g/mol. The van der Waals surface area contributed by atoms with Crippen LogP contribution in [0.5, 0.6) is 11.5 Å². The average molecular weight is 155 g/mol. The number of rotatable bonds is 0. The van der Waals surface area contributed by atoms with Gasteiger partial charge in [0.15, 0.2) is 0 Å². The maximum atomic E-state index is 8.93. The molecule has 62 valence electrons. The fourth-order valence-corrected chi connectivity index (χ4v) is 0.640. The third-order valence-corrected chi connectivity index (χ3v) is 1.18. The van der Waals surface area contributed by atoms with Gasteiger partial charge in [-0.25, -0.2) is 0 Å². The van der Waals surface area contributed by atoms with Crippen LogP contribution < -0.4 is 5.73 Å². The van der Waals surface area contributed by atoms with E-state index in [1.165, 1.54) is 25.2 Å². The SMILES string of the molecule is CN.Cc1cc(O)ccc1O. The summed E-state index contributed by atoms with van der Waals surface area (Å²) < 4.78 is 0. The van der Waals surface area contributed by atoms with Crippen molar-refractivity contribution in [1.29, 1.82) is 0 Å². The largest absolute Gasteiger partial charge is 0.508 e. The van der Waals surface area contributed by atoms with Crippen LogP contribution in [0.4, 0.5) is 0 Å². The van der Waals surface area contributed by atoms with Crippen molar-refractivity contribution in [3.05, 3.63) is 23.8 Å². The maximum Gasteiger partial charge on any atom is 0.118 e. The van der Waals surface area contributed by atoms with Gasteiger partial charge in [-0.3, -0.25) is 0 Å². The summed E-state index contributed by atoms with van der Waals surface area (Å²) in [6.07, 6.45) is 0. The molecule has 1 rings (SSSR count). The number of hydrogen-bond acceptors (Lipinski definition) is 3. The van der Waals surface area contributed by atoms with Gasteiger partial charge in [-0.15, -0.1) is 0 Å². The van der Waals surface area contributed by atoms with E-state index in [1.807, 2.05) is 0 Å². The molecule has 0 radical (unpaired) electrons. The zero-order valence-electron chi connectivity index (χ0n) is 6.70. The second kappa shape index (κ2) is 4.57. The van der Waals surface area contributed by atoms with Crippen LogP contribution in [0.3, 0.4) is 0 Å². The van der Waals surface area contributed by atoms with Gasteiger partial charge in [0.2, 0.25) is 0 Å². The summed E-state index contributed by atoms with van der Waals surface area (Å²) in [5.41, 5.74) is 5.19. The maximum absolute atomic E-state index is 8.93. The van der Waals surface area contributed by atoms with E-state index in [9.17, 15) is 0 Å². The number of hydrogen-bond donors (Lipinski definition) is 3. The molecule has 0 aliphatic rings. The molecule has 0 aliphatic heterocycles. The van der Waals surface area contributed by atoms with Gasteiger partial charge in [0.1, 0.15) is 11.5 Å². The summed E-state index contributed by atoms with van der Waals surface area (Å²) in [5, 5.41) is 17.8. The molecule has 0 spiro atoms. The molecule has 0 aliphatic carbocycles. The van der Waals surface area contributed by atoms with Crippen LogP contribution >= 0.6 is 0 Å². The van der Waals surface area contributed by atoms with E-state index in [4.69, 9.17) is 10.2 Å². The van der Waals surface area contributed by atoms with Gasteiger partial charge in [-0.05, 0) is 37.7 Å². The molecule has 0 fully saturated rings. The monoisotopic (exact) mass is 155 g/mol. The van der Waals surface area contributed by atoms with Crippen molar-refractivity contribution in [2.24, 2.45) is 5.73 Å². The van der Waals surface area contributed by atoms with Crippen molar-refractivity contribution in [3.63, 3.8) is 0 Å². The molecule has 1 aromatic carbocycles. The highest BCUT2D eigenvalue weighted by molar-refractivity contribution is 5.37. The minimum absolute atomic E-state index is 0.185. The van der Waals surface area contributed by atoms with Crippen molar-refractivity contribution in [3.8, 4) is 11.5 Å². The van der Waals surface area contributed by atoms with Gasteiger partial charge in [-0.1, -0.05) is 0 Å². The van der Waals surface area contributed by atoms with E-state index in [0.29, 0.717) is 5.56 Å². The minimum atomic E-state index is 0.185. The second-order valence-corrected chi connectivity index (χ2v) is 1.97. The Labute approximate surface area is 66.1 Å². The van der Waals surface area contributed by atoms with Crippen molar-refractivity contribution < 1.29 is 10.2 Å². The Bertz CT molecular complexity index is 223. The summed E-state index contributed by atoms with van der Waals surface area (Å²) in [6.45, 7) is 1.73. The normalized spacial score (nSPS) is 8.27. The molecule has 1 aromatic rings. The predicted molar refractivity (Wildman–Crippen MR) is 44.6 cm³/mol. The summed E-state index contributed by atoms with van der Waals surface area (Å²) in [5.74, 6) is 0.401. The van der Waals surface area contributed by atoms with Gasteiger partial charge in [-0.2, -0.15) is 0 Å². The van der Waals surface area contributed by atoms with Gasteiger partial charge >= 0.3 is 0 Å². The lowest BCUT2D eigenvalue weighted by atomic mass is 10.2. The molecule has 3 heteroatoms. The van der Waals surface area contributed by atoms with E-state index in [0.717, 1.165) is 0 Å². The quantitative estimate of drug-likeness (QED) is 0.489. The Kier molecular flexibility index (Phi) is 4.07. The first kappa shape index (κ1) is 9.78. The number of aryl methyl sites for hydroxylation is 1. The average Bonchev–Trinajstić information content (AvgIpc) is 2.02. The minimum Gasteiger partial charge on any atom is -0.508 e. The summed E-state index contributed by atoms with van der Waals surface area (Å²) in [4.78, 5) is 0. The molecular formula is C8H13NO2. The first-order chi connectivity index (χ1) is 5.20. The Balaban J connectivity index is 0.000000461. The molecule has 0 aromatic heterocycles. The fourth-order valence-electron chi connectivity index (χ4n) is 0.640. The fraction of sp³-hybridized carbons (Fsp3) is 0.250. The predicted octanol–water partition coefficient (Wildman–Crippen LogP) is 0.981. The number of aromatic hydroxyl groups is 2. The topological polar surface area (TPSA) is 66.5 Å². The van der Waals surface area contributed by atoms with Crippen LogP contribution in [0, 0.1) is 6.92 Å². The van der Waals surface area contributed by atoms with Crippen LogP contribution in [0.1, 0.15) is 5.56 Å². The standard InChI is InChI=1S/C7H8O2.CH5N/c1-5-4-6(8)2-3-7(5)9;1-2/h2-4,8-9H,1H3;2H2,1H3. The second-order valence-electron chi connectivity index (χ2n) is 1.97. The Hall–Kier alpha value is -1.22. The lowest BCUT2D eigenvalue weighted by Crippen LogP contribution is -1.71. The van der Waals surface area contributed by atoms with Crippen molar-refractivity contribution in [2.75, 3.05) is 7.05 Å². The Morgan fingerprint density at radius 3 is 2.09 bits per heavy atom. The molecule has 0 atom stereocenters. The number of phenols is 2. The Morgan fingerprint density at radius 2 is 1.73 bits per heavy atom. The highest BCUT2D eigenvalue weighted by atomic mass is 16.3. The van der Waals surface area contributed by atoms with Gasteiger partial charge in [0.05, 0.1) is 0 Å². The molecule has 0 unspecified atom stereocenters. The smallest absolute Gasteiger partial charge is 0.118 e.